The average molecular weight is 609 g/mol. The van der Waals surface area contributed by atoms with E-state index < -0.39 is 5.91 Å². The van der Waals surface area contributed by atoms with Crippen molar-refractivity contribution < 1.29 is 14.7 Å². The molecule has 0 aliphatic heterocycles. The van der Waals surface area contributed by atoms with Crippen molar-refractivity contribution in [2.45, 2.75) is 0 Å². The normalized spacial score (nSPS) is 10.8. The van der Waals surface area contributed by atoms with Crippen LogP contribution in [0.2, 0.25) is 0 Å². The van der Waals surface area contributed by atoms with Crippen LogP contribution in [-0.2, 0) is 0 Å². The van der Waals surface area contributed by atoms with Crippen molar-refractivity contribution in [2.75, 3.05) is 5.32 Å². The third kappa shape index (κ3) is 4.13. The fourth-order valence-electron chi connectivity index (χ4n) is 2.88. The van der Waals surface area contributed by atoms with Gasteiger partial charge < -0.3 is 10.1 Å². The quantitative estimate of drug-likeness (QED) is 0.225. The maximum Gasteiger partial charge on any atom is 0.261 e. The Kier molecular flexibility index (Phi) is 5.54. The van der Waals surface area contributed by atoms with Gasteiger partial charge in [-0.15, -0.1) is 0 Å². The number of nitrogens with one attached hydrogen (secondary N) is 2. The fourth-order valence-corrected chi connectivity index (χ4v) is 4.72. The van der Waals surface area contributed by atoms with Gasteiger partial charge in [-0.25, -0.2) is 4.98 Å². The number of ketones is 1. The highest BCUT2D eigenvalue weighted by Gasteiger charge is 2.17. The number of hydrogen-bond donors (Lipinski definition) is 3. The van der Waals surface area contributed by atoms with Crippen molar-refractivity contribution >= 4 is 73.9 Å². The van der Waals surface area contributed by atoms with Crippen molar-refractivity contribution in [3.63, 3.8) is 0 Å². The Morgan fingerprint density at radius 1 is 0.966 bits per heavy atom. The largest absolute Gasteiger partial charge is 0.506 e. The fraction of sp³-hybridized carbons (Fsp3) is 0. The number of carbonyl (C=O) groups is 2. The molecule has 144 valence electrons. The molecule has 1 heterocycles. The molecule has 0 fully saturated rings. The molecule has 3 N–H and O–H groups in total. The molecular formula is C21H13I2N3O3. The van der Waals surface area contributed by atoms with Crippen LogP contribution in [0.5, 0.6) is 5.75 Å². The lowest BCUT2D eigenvalue weighted by atomic mass is 10.0. The van der Waals surface area contributed by atoms with E-state index in [0.29, 0.717) is 25.7 Å². The maximum atomic E-state index is 12.6. The molecule has 0 aliphatic carbocycles. The van der Waals surface area contributed by atoms with Gasteiger partial charge in [0, 0.05) is 14.7 Å². The number of phenols is 1. The van der Waals surface area contributed by atoms with Crippen LogP contribution < -0.4 is 5.32 Å². The summed E-state index contributed by atoms with van der Waals surface area (Å²) < 4.78 is 1.43. The predicted molar refractivity (Wildman–Crippen MR) is 127 cm³/mol. The summed E-state index contributed by atoms with van der Waals surface area (Å²) in [5, 5.41) is 12.8. The number of carbonyl (C=O) groups excluding carboxylic acids is 2. The van der Waals surface area contributed by atoms with Gasteiger partial charge in [0.2, 0.25) is 5.95 Å². The van der Waals surface area contributed by atoms with E-state index in [1.807, 2.05) is 40.8 Å². The number of H-pyrrole nitrogens is 1. The molecule has 0 spiro atoms. The smallest absolute Gasteiger partial charge is 0.261 e. The molecule has 1 amide bonds. The molecule has 0 radical (unpaired) electrons. The molecule has 0 atom stereocenters. The molecule has 8 heteroatoms. The maximum absolute atomic E-state index is 12.6. The van der Waals surface area contributed by atoms with Crippen LogP contribution in [0.3, 0.4) is 0 Å². The van der Waals surface area contributed by atoms with E-state index in [2.05, 4.69) is 37.9 Å². The van der Waals surface area contributed by atoms with E-state index in [9.17, 15) is 14.7 Å². The summed E-state index contributed by atoms with van der Waals surface area (Å²) in [6, 6.07) is 17.5. The van der Waals surface area contributed by atoms with Crippen molar-refractivity contribution in [3.05, 3.63) is 84.5 Å². The summed E-state index contributed by atoms with van der Waals surface area (Å²) in [5.74, 6) is -0.400. The second-order valence-corrected chi connectivity index (χ2v) is 8.66. The van der Waals surface area contributed by atoms with Crippen LogP contribution in [0.25, 0.3) is 11.0 Å². The molecule has 0 aliphatic rings. The van der Waals surface area contributed by atoms with Crippen molar-refractivity contribution in [1.82, 2.24) is 9.97 Å². The summed E-state index contributed by atoms with van der Waals surface area (Å²) in [6.45, 7) is 0. The molecule has 6 nitrogen and oxygen atoms in total. The van der Waals surface area contributed by atoms with Gasteiger partial charge in [0.25, 0.3) is 5.91 Å². The summed E-state index contributed by atoms with van der Waals surface area (Å²) in [4.78, 5) is 32.6. The minimum Gasteiger partial charge on any atom is -0.506 e. The van der Waals surface area contributed by atoms with Crippen LogP contribution in [0.15, 0.2) is 60.7 Å². The molecule has 3 aromatic carbocycles. The Morgan fingerprint density at radius 3 is 2.48 bits per heavy atom. The van der Waals surface area contributed by atoms with Crippen LogP contribution >= 0.6 is 45.2 Å². The Bertz CT molecular complexity index is 1250. The number of aromatic nitrogens is 2. The van der Waals surface area contributed by atoms with Crippen molar-refractivity contribution in [2.24, 2.45) is 0 Å². The molecule has 1 aromatic heterocycles. The third-order valence-corrected chi connectivity index (χ3v) is 5.73. The van der Waals surface area contributed by atoms with Crippen LogP contribution in [-0.4, -0.2) is 26.8 Å². The lowest BCUT2D eigenvalue weighted by Crippen LogP contribution is -2.13. The Balaban J connectivity index is 1.61. The monoisotopic (exact) mass is 609 g/mol. The zero-order valence-corrected chi connectivity index (χ0v) is 19.1. The van der Waals surface area contributed by atoms with Crippen molar-refractivity contribution in [3.8, 4) is 5.75 Å². The second-order valence-electron chi connectivity index (χ2n) is 6.25. The van der Waals surface area contributed by atoms with Gasteiger partial charge in [0.15, 0.2) is 5.78 Å². The lowest BCUT2D eigenvalue weighted by molar-refractivity contribution is 0.102. The van der Waals surface area contributed by atoms with Gasteiger partial charge in [-0.2, -0.15) is 0 Å². The average Bonchev–Trinajstić information content (AvgIpc) is 3.12. The highest BCUT2D eigenvalue weighted by Crippen LogP contribution is 2.28. The lowest BCUT2D eigenvalue weighted by Gasteiger charge is -2.07. The molecule has 0 saturated carbocycles. The predicted octanol–water partition coefficient (Wildman–Crippen LogP) is 4.96. The number of halogens is 2. The minimum atomic E-state index is -0.474. The summed E-state index contributed by atoms with van der Waals surface area (Å²) in [6.07, 6.45) is 0. The van der Waals surface area contributed by atoms with Gasteiger partial charge in [0.05, 0.1) is 20.2 Å². The topological polar surface area (TPSA) is 95.1 Å². The Hall–Kier alpha value is -2.47. The number of fused-ring (bicyclic) bond motifs is 1. The van der Waals surface area contributed by atoms with Crippen molar-refractivity contribution in [1.29, 1.82) is 0 Å². The van der Waals surface area contributed by atoms with E-state index in [-0.39, 0.29) is 23.0 Å². The van der Waals surface area contributed by atoms with Gasteiger partial charge in [-0.1, -0.05) is 30.3 Å². The minimum absolute atomic E-state index is 0.0737. The molecule has 0 bridgehead atoms. The molecule has 4 rings (SSSR count). The van der Waals surface area contributed by atoms with E-state index in [0.717, 1.165) is 3.57 Å². The first-order chi connectivity index (χ1) is 13.9. The molecule has 29 heavy (non-hydrogen) atoms. The number of imidazole rings is 1. The number of aromatic amines is 1. The van der Waals surface area contributed by atoms with Gasteiger partial charge in [-0.3, -0.25) is 14.9 Å². The number of amides is 1. The van der Waals surface area contributed by atoms with E-state index >= 15 is 0 Å². The molecule has 0 unspecified atom stereocenters. The van der Waals surface area contributed by atoms with Gasteiger partial charge in [0.1, 0.15) is 5.75 Å². The third-order valence-electron chi connectivity index (χ3n) is 4.28. The Morgan fingerprint density at radius 2 is 1.72 bits per heavy atom. The Labute approximate surface area is 193 Å². The first-order valence-corrected chi connectivity index (χ1v) is 10.7. The number of phenolic OH excluding ortho intramolecular Hbond substituents is 1. The number of rotatable bonds is 4. The SMILES string of the molecule is O=C(c1ccccc1)c1ccc2nc(NC(=O)c3cc(I)cc(I)c3O)[nH]c2c1. The molecular weight excluding hydrogens is 596 g/mol. The van der Waals surface area contributed by atoms with E-state index in [4.69, 9.17) is 0 Å². The number of nitrogens with zero attached hydrogens (tertiary/aromatic N) is 1. The number of benzene rings is 3. The van der Waals surface area contributed by atoms with E-state index in [1.54, 1.807) is 42.5 Å². The van der Waals surface area contributed by atoms with Crippen LogP contribution in [0.4, 0.5) is 5.95 Å². The van der Waals surface area contributed by atoms with E-state index in [1.165, 1.54) is 0 Å². The number of anilines is 1. The second kappa shape index (κ2) is 8.11. The zero-order chi connectivity index (χ0) is 20.5. The number of aromatic hydroxyl groups is 1. The zero-order valence-electron chi connectivity index (χ0n) is 14.7. The first-order valence-electron chi connectivity index (χ1n) is 8.51. The summed E-state index contributed by atoms with van der Waals surface area (Å²) in [7, 11) is 0. The van der Waals surface area contributed by atoms with Gasteiger partial charge >= 0.3 is 0 Å². The highest BCUT2D eigenvalue weighted by atomic mass is 127. The van der Waals surface area contributed by atoms with Crippen LogP contribution in [0.1, 0.15) is 26.3 Å². The first kappa shape index (κ1) is 19.8. The molecule has 0 saturated heterocycles. The standard InChI is InChI=1S/C21H13I2N3O3/c22-13-9-14(19(28)15(23)10-13)20(29)26-21-24-16-7-6-12(8-17(16)25-21)18(27)11-4-2-1-3-5-11/h1-10,28H,(H2,24,25,26,29). The van der Waals surface area contributed by atoms with Crippen LogP contribution in [0, 0.1) is 7.14 Å². The summed E-state index contributed by atoms with van der Waals surface area (Å²) in [5.41, 5.74) is 2.54. The molecule has 4 aromatic rings. The highest BCUT2D eigenvalue weighted by molar-refractivity contribution is 14.1. The number of hydrogen-bond acceptors (Lipinski definition) is 4. The summed E-state index contributed by atoms with van der Waals surface area (Å²) >= 11 is 4.06. The van der Waals surface area contributed by atoms with Gasteiger partial charge in [-0.05, 0) is 75.5 Å².